The number of amides is 1. The monoisotopic (exact) mass is 513 g/mol. The van der Waals surface area contributed by atoms with Crippen molar-refractivity contribution in [2.75, 3.05) is 33.2 Å². The number of rotatable bonds is 6. The largest absolute Gasteiger partial charge is 0.346 e. The summed E-state index contributed by atoms with van der Waals surface area (Å²) in [6.45, 7) is 6.97. The molecule has 0 spiro atoms. The molecule has 2 aliphatic heterocycles. The molecule has 4 aromatic heterocycles. The second-order valence-electron chi connectivity index (χ2n) is 10.6. The number of fused-ring (bicyclic) bond motifs is 1. The van der Waals surface area contributed by atoms with Gasteiger partial charge in [-0.2, -0.15) is 10.2 Å². The van der Waals surface area contributed by atoms with E-state index in [4.69, 9.17) is 5.10 Å². The lowest BCUT2D eigenvalue weighted by Crippen LogP contribution is -2.46. The predicted octanol–water partition coefficient (Wildman–Crippen LogP) is 2.82. The van der Waals surface area contributed by atoms with Gasteiger partial charge in [0.2, 0.25) is 0 Å². The van der Waals surface area contributed by atoms with Gasteiger partial charge >= 0.3 is 0 Å². The van der Waals surface area contributed by atoms with Gasteiger partial charge in [0, 0.05) is 30.6 Å². The minimum absolute atomic E-state index is 0.212. The number of pyridine rings is 1. The summed E-state index contributed by atoms with van der Waals surface area (Å²) in [5.74, 6) is 0.950. The summed E-state index contributed by atoms with van der Waals surface area (Å²) in [5.41, 5.74) is 4.07. The van der Waals surface area contributed by atoms with Crippen LogP contribution in [0.2, 0.25) is 0 Å². The van der Waals surface area contributed by atoms with E-state index in [-0.39, 0.29) is 5.91 Å². The van der Waals surface area contributed by atoms with E-state index in [2.05, 4.69) is 43.3 Å². The second kappa shape index (κ2) is 10.6. The maximum atomic E-state index is 13.0. The first-order chi connectivity index (χ1) is 18.5. The third kappa shape index (κ3) is 5.06. The number of piperidine rings is 2. The van der Waals surface area contributed by atoms with Gasteiger partial charge < -0.3 is 15.1 Å². The van der Waals surface area contributed by atoms with E-state index in [0.29, 0.717) is 29.7 Å². The fourth-order valence-electron chi connectivity index (χ4n) is 5.72. The normalized spacial score (nSPS) is 18.3. The zero-order valence-electron chi connectivity index (χ0n) is 22.1. The van der Waals surface area contributed by atoms with E-state index in [1.807, 2.05) is 29.9 Å². The number of carbonyl (C=O) groups excluding carboxylic acids is 1. The molecule has 6 heterocycles. The standard InChI is InChI=1S/C28H35N9O/c1-20-4-5-26(30-17-20)37-23(18-31-28(38)24-19-32-36-11-3-10-29-27(24)36)16-25(33-37)21-6-14-35(15-7-21)22-8-12-34(2)13-9-22/h3-5,10-11,16-17,19,21-22H,6-9,12-15,18H2,1-2H3,(H,31,38). The van der Waals surface area contributed by atoms with Crippen molar-refractivity contribution in [1.29, 1.82) is 0 Å². The molecule has 6 rings (SSSR count). The highest BCUT2D eigenvalue weighted by Crippen LogP contribution is 2.31. The summed E-state index contributed by atoms with van der Waals surface area (Å²) in [4.78, 5) is 27.1. The molecule has 1 amide bonds. The molecule has 0 bridgehead atoms. The number of carbonyl (C=O) groups is 1. The molecule has 10 nitrogen and oxygen atoms in total. The van der Waals surface area contributed by atoms with Gasteiger partial charge in [0.25, 0.3) is 5.91 Å². The Morgan fingerprint density at radius 2 is 1.87 bits per heavy atom. The quantitative estimate of drug-likeness (QED) is 0.424. The average molecular weight is 514 g/mol. The first-order valence-corrected chi connectivity index (χ1v) is 13.6. The molecule has 0 atom stereocenters. The fourth-order valence-corrected chi connectivity index (χ4v) is 5.72. The Hall–Kier alpha value is -3.63. The Balaban J connectivity index is 1.19. The van der Waals surface area contributed by atoms with Gasteiger partial charge in [-0.05, 0) is 89.6 Å². The molecule has 4 aromatic rings. The minimum atomic E-state index is -0.212. The molecule has 0 aliphatic carbocycles. The zero-order valence-corrected chi connectivity index (χ0v) is 22.1. The Labute approximate surface area is 222 Å². The number of aryl methyl sites for hydroxylation is 1. The van der Waals surface area contributed by atoms with E-state index in [1.54, 1.807) is 29.2 Å². The summed E-state index contributed by atoms with van der Waals surface area (Å²) in [7, 11) is 2.22. The van der Waals surface area contributed by atoms with Crippen LogP contribution in [0.3, 0.4) is 0 Å². The lowest BCUT2D eigenvalue weighted by molar-refractivity contribution is 0.0951. The lowest BCUT2D eigenvalue weighted by atomic mass is 9.91. The molecule has 38 heavy (non-hydrogen) atoms. The molecule has 2 fully saturated rings. The van der Waals surface area contributed by atoms with Crippen LogP contribution >= 0.6 is 0 Å². The maximum Gasteiger partial charge on any atom is 0.257 e. The third-order valence-electron chi connectivity index (χ3n) is 8.02. The van der Waals surface area contributed by atoms with Crippen LogP contribution in [0, 0.1) is 6.92 Å². The van der Waals surface area contributed by atoms with Crippen LogP contribution in [0.1, 0.15) is 58.9 Å². The number of hydrogen-bond acceptors (Lipinski definition) is 7. The molecule has 1 N–H and O–H groups in total. The molecule has 0 aromatic carbocycles. The number of aromatic nitrogens is 6. The molecule has 2 aliphatic rings. The predicted molar refractivity (Wildman–Crippen MR) is 144 cm³/mol. The summed E-state index contributed by atoms with van der Waals surface area (Å²) in [6.07, 6.45) is 11.6. The number of nitrogens with zero attached hydrogens (tertiary/aromatic N) is 8. The molecule has 0 radical (unpaired) electrons. The van der Waals surface area contributed by atoms with Crippen LogP contribution in [0.25, 0.3) is 11.5 Å². The van der Waals surface area contributed by atoms with Crippen LogP contribution in [0.15, 0.2) is 49.1 Å². The number of hydrogen-bond donors (Lipinski definition) is 1. The van der Waals surface area contributed by atoms with Crippen molar-refractivity contribution in [3.8, 4) is 5.82 Å². The van der Waals surface area contributed by atoms with Crippen LogP contribution in [-0.4, -0.2) is 84.3 Å². The summed E-state index contributed by atoms with van der Waals surface area (Å²) >= 11 is 0. The smallest absolute Gasteiger partial charge is 0.257 e. The first kappa shape index (κ1) is 24.7. The Kier molecular flexibility index (Phi) is 6.90. The van der Waals surface area contributed by atoms with Crippen LogP contribution in [0.5, 0.6) is 0 Å². The maximum absolute atomic E-state index is 13.0. The van der Waals surface area contributed by atoms with E-state index >= 15 is 0 Å². The van der Waals surface area contributed by atoms with E-state index < -0.39 is 0 Å². The molecule has 0 saturated carbocycles. The summed E-state index contributed by atoms with van der Waals surface area (Å²) in [5, 5.41) is 12.3. The highest BCUT2D eigenvalue weighted by molar-refractivity contribution is 5.99. The van der Waals surface area contributed by atoms with Gasteiger partial charge in [0.05, 0.1) is 24.1 Å². The van der Waals surface area contributed by atoms with Gasteiger partial charge in [-0.15, -0.1) is 0 Å². The molecule has 0 unspecified atom stereocenters. The van der Waals surface area contributed by atoms with E-state index in [0.717, 1.165) is 48.7 Å². The van der Waals surface area contributed by atoms with Crippen LogP contribution in [0.4, 0.5) is 0 Å². The number of likely N-dealkylation sites (tertiary alicyclic amines) is 2. The average Bonchev–Trinajstić information content (AvgIpc) is 3.58. The molecular formula is C28H35N9O. The van der Waals surface area contributed by atoms with Crippen LogP contribution in [-0.2, 0) is 6.54 Å². The van der Waals surface area contributed by atoms with Crippen molar-refractivity contribution < 1.29 is 4.79 Å². The Morgan fingerprint density at radius 3 is 2.63 bits per heavy atom. The van der Waals surface area contributed by atoms with Gasteiger partial charge in [0.1, 0.15) is 5.56 Å². The van der Waals surface area contributed by atoms with Gasteiger partial charge in [-0.1, -0.05) is 6.07 Å². The molecule has 10 heteroatoms. The van der Waals surface area contributed by atoms with E-state index in [1.165, 1.54) is 25.9 Å². The lowest BCUT2D eigenvalue weighted by Gasteiger charge is -2.40. The first-order valence-electron chi connectivity index (χ1n) is 13.6. The van der Waals surface area contributed by atoms with Crippen molar-refractivity contribution in [2.24, 2.45) is 0 Å². The van der Waals surface area contributed by atoms with Crippen molar-refractivity contribution in [3.05, 3.63) is 71.6 Å². The van der Waals surface area contributed by atoms with Gasteiger partial charge in [0.15, 0.2) is 11.5 Å². The van der Waals surface area contributed by atoms with Gasteiger partial charge in [-0.3, -0.25) is 4.79 Å². The topological polar surface area (TPSA) is 96.5 Å². The Morgan fingerprint density at radius 1 is 1.05 bits per heavy atom. The molecular weight excluding hydrogens is 478 g/mol. The Bertz CT molecular complexity index is 1390. The van der Waals surface area contributed by atoms with Crippen LogP contribution < -0.4 is 5.32 Å². The van der Waals surface area contributed by atoms with Crippen molar-refractivity contribution >= 4 is 11.6 Å². The van der Waals surface area contributed by atoms with Crippen molar-refractivity contribution in [1.82, 2.24) is 44.5 Å². The minimum Gasteiger partial charge on any atom is -0.346 e. The zero-order chi connectivity index (χ0) is 26.1. The number of nitrogens with one attached hydrogen (secondary N) is 1. The van der Waals surface area contributed by atoms with E-state index in [9.17, 15) is 4.79 Å². The summed E-state index contributed by atoms with van der Waals surface area (Å²) in [6, 6.07) is 8.66. The highest BCUT2D eigenvalue weighted by Gasteiger charge is 2.29. The fraction of sp³-hybridized carbons (Fsp3) is 0.464. The second-order valence-corrected chi connectivity index (χ2v) is 10.6. The molecule has 2 saturated heterocycles. The highest BCUT2D eigenvalue weighted by atomic mass is 16.1. The summed E-state index contributed by atoms with van der Waals surface area (Å²) < 4.78 is 3.48. The van der Waals surface area contributed by atoms with Gasteiger partial charge in [-0.25, -0.2) is 19.2 Å². The van der Waals surface area contributed by atoms with Crippen molar-refractivity contribution in [3.63, 3.8) is 0 Å². The third-order valence-corrected chi connectivity index (χ3v) is 8.02. The SMILES string of the molecule is Cc1ccc(-n2nc(C3CCN(C4CCN(C)CC4)CC3)cc2CNC(=O)c2cnn3cccnc23)nc1. The molecule has 198 valence electrons. The van der Waals surface area contributed by atoms with Crippen molar-refractivity contribution in [2.45, 2.75) is 51.1 Å².